The number of piperidine rings is 1. The summed E-state index contributed by atoms with van der Waals surface area (Å²) in [4.78, 5) is 27.4. The predicted molar refractivity (Wildman–Crippen MR) is 81.0 cm³/mol. The number of nitrogens with zero attached hydrogens (tertiary/aromatic N) is 2. The van der Waals surface area contributed by atoms with Crippen LogP contribution >= 0.6 is 0 Å². The second-order valence-electron chi connectivity index (χ2n) is 7.07. The molecule has 0 aliphatic carbocycles. The van der Waals surface area contributed by atoms with E-state index < -0.39 is 5.97 Å². The summed E-state index contributed by atoms with van der Waals surface area (Å²) in [6, 6.07) is 0.151. The molecule has 0 radical (unpaired) electrons. The third-order valence-electron chi connectivity index (χ3n) is 5.29. The molecule has 120 valence electrons. The predicted octanol–water partition coefficient (Wildman–Crippen LogP) is 2.52. The molecule has 21 heavy (non-hydrogen) atoms. The van der Waals surface area contributed by atoms with Crippen molar-refractivity contribution < 1.29 is 14.7 Å². The Bertz CT molecular complexity index is 389. The van der Waals surface area contributed by atoms with Gasteiger partial charge in [0, 0.05) is 32.6 Å². The minimum Gasteiger partial charge on any atom is -0.481 e. The fourth-order valence-corrected chi connectivity index (χ4v) is 3.58. The molecule has 0 aromatic heterocycles. The molecule has 2 aliphatic rings. The first-order valence-electron chi connectivity index (χ1n) is 8.14. The van der Waals surface area contributed by atoms with Crippen LogP contribution in [-0.4, -0.2) is 53.1 Å². The smallest absolute Gasteiger partial charge is 0.320 e. The summed E-state index contributed by atoms with van der Waals surface area (Å²) >= 11 is 0. The zero-order chi connectivity index (χ0) is 15.6. The molecule has 4 atom stereocenters. The zero-order valence-corrected chi connectivity index (χ0v) is 13.4. The lowest BCUT2D eigenvalue weighted by molar-refractivity contribution is -0.138. The molecular formula is C16H28N2O3. The Kier molecular flexibility index (Phi) is 5.12. The van der Waals surface area contributed by atoms with Gasteiger partial charge in [0.1, 0.15) is 0 Å². The number of aliphatic carboxylic acids is 1. The van der Waals surface area contributed by atoms with Crippen LogP contribution in [0.25, 0.3) is 0 Å². The number of carbonyl (C=O) groups is 2. The van der Waals surface area contributed by atoms with Gasteiger partial charge in [0.15, 0.2) is 0 Å². The Morgan fingerprint density at radius 3 is 2.33 bits per heavy atom. The van der Waals surface area contributed by atoms with E-state index in [1.807, 2.05) is 16.7 Å². The third kappa shape index (κ3) is 3.89. The van der Waals surface area contributed by atoms with E-state index >= 15 is 0 Å². The SMILES string of the molecule is CC1CN(C(=O)N2CCCC(C(C)CC(=O)O)C2)CC1C. The molecular weight excluding hydrogens is 268 g/mol. The average Bonchev–Trinajstić information content (AvgIpc) is 2.77. The quantitative estimate of drug-likeness (QED) is 0.870. The maximum absolute atomic E-state index is 12.6. The molecule has 0 spiro atoms. The Balaban J connectivity index is 1.91. The van der Waals surface area contributed by atoms with Gasteiger partial charge in [-0.3, -0.25) is 4.79 Å². The van der Waals surface area contributed by atoms with Crippen molar-refractivity contribution >= 4 is 12.0 Å². The van der Waals surface area contributed by atoms with Crippen LogP contribution in [0.3, 0.4) is 0 Å². The van der Waals surface area contributed by atoms with E-state index in [9.17, 15) is 9.59 Å². The highest BCUT2D eigenvalue weighted by atomic mass is 16.4. The number of amides is 2. The van der Waals surface area contributed by atoms with Crippen molar-refractivity contribution in [2.75, 3.05) is 26.2 Å². The Morgan fingerprint density at radius 2 is 1.76 bits per heavy atom. The summed E-state index contributed by atoms with van der Waals surface area (Å²) in [6.07, 6.45) is 2.22. The number of urea groups is 1. The second-order valence-corrected chi connectivity index (χ2v) is 7.07. The van der Waals surface area contributed by atoms with Crippen molar-refractivity contribution in [2.45, 2.75) is 40.0 Å². The highest BCUT2D eigenvalue weighted by molar-refractivity contribution is 5.75. The van der Waals surface area contributed by atoms with Crippen LogP contribution in [-0.2, 0) is 4.79 Å². The zero-order valence-electron chi connectivity index (χ0n) is 13.4. The Labute approximate surface area is 127 Å². The first-order chi connectivity index (χ1) is 9.88. The number of rotatable bonds is 3. The molecule has 5 heteroatoms. The molecule has 2 saturated heterocycles. The maximum atomic E-state index is 12.6. The molecule has 2 fully saturated rings. The summed E-state index contributed by atoms with van der Waals surface area (Å²) in [5, 5.41) is 8.93. The second kappa shape index (κ2) is 6.67. The molecule has 0 aromatic rings. The van der Waals surface area contributed by atoms with E-state index in [4.69, 9.17) is 5.11 Å². The van der Waals surface area contributed by atoms with Crippen LogP contribution in [0.4, 0.5) is 4.79 Å². The van der Waals surface area contributed by atoms with Gasteiger partial charge >= 0.3 is 12.0 Å². The molecule has 2 rings (SSSR count). The molecule has 4 unspecified atom stereocenters. The van der Waals surface area contributed by atoms with Crippen LogP contribution in [0.5, 0.6) is 0 Å². The molecule has 0 saturated carbocycles. The standard InChI is InChI=1S/C16H28N2O3/c1-11(7-15(19)20)14-5-4-6-17(10-14)16(21)18-8-12(2)13(3)9-18/h11-14H,4-10H2,1-3H3,(H,19,20). The van der Waals surface area contributed by atoms with E-state index in [2.05, 4.69) is 13.8 Å². The van der Waals surface area contributed by atoms with Gasteiger partial charge in [0.25, 0.3) is 0 Å². The monoisotopic (exact) mass is 296 g/mol. The van der Waals surface area contributed by atoms with Gasteiger partial charge in [-0.25, -0.2) is 4.79 Å². The van der Waals surface area contributed by atoms with Crippen molar-refractivity contribution in [3.8, 4) is 0 Å². The lowest BCUT2D eigenvalue weighted by Crippen LogP contribution is -2.48. The minimum absolute atomic E-state index is 0.134. The lowest BCUT2D eigenvalue weighted by atomic mass is 9.85. The number of hydrogen-bond donors (Lipinski definition) is 1. The minimum atomic E-state index is -0.742. The third-order valence-corrected chi connectivity index (χ3v) is 5.29. The number of carboxylic acids is 1. The average molecular weight is 296 g/mol. The van der Waals surface area contributed by atoms with Crippen LogP contribution in [0.2, 0.25) is 0 Å². The molecule has 2 amide bonds. The molecule has 2 aliphatic heterocycles. The van der Waals surface area contributed by atoms with Gasteiger partial charge in [0.05, 0.1) is 0 Å². The Hall–Kier alpha value is -1.26. The largest absolute Gasteiger partial charge is 0.481 e. The van der Waals surface area contributed by atoms with Crippen LogP contribution in [0.1, 0.15) is 40.0 Å². The van der Waals surface area contributed by atoms with Gasteiger partial charge in [-0.2, -0.15) is 0 Å². The van der Waals surface area contributed by atoms with E-state index in [1.54, 1.807) is 0 Å². The summed E-state index contributed by atoms with van der Waals surface area (Å²) in [7, 11) is 0. The number of carbonyl (C=O) groups excluding carboxylic acids is 1. The molecule has 0 bridgehead atoms. The highest BCUT2D eigenvalue weighted by Gasteiger charge is 2.34. The highest BCUT2D eigenvalue weighted by Crippen LogP contribution is 2.28. The summed E-state index contributed by atoms with van der Waals surface area (Å²) in [5.41, 5.74) is 0. The maximum Gasteiger partial charge on any atom is 0.320 e. The fourth-order valence-electron chi connectivity index (χ4n) is 3.58. The van der Waals surface area contributed by atoms with E-state index in [0.717, 1.165) is 32.5 Å². The van der Waals surface area contributed by atoms with Gasteiger partial charge < -0.3 is 14.9 Å². The summed E-state index contributed by atoms with van der Waals surface area (Å²) in [6.45, 7) is 9.63. The molecule has 5 nitrogen and oxygen atoms in total. The number of likely N-dealkylation sites (tertiary alicyclic amines) is 2. The van der Waals surface area contributed by atoms with Crippen molar-refractivity contribution in [3.63, 3.8) is 0 Å². The Morgan fingerprint density at radius 1 is 1.14 bits per heavy atom. The van der Waals surface area contributed by atoms with Crippen molar-refractivity contribution in [3.05, 3.63) is 0 Å². The number of hydrogen-bond acceptors (Lipinski definition) is 2. The van der Waals surface area contributed by atoms with E-state index in [0.29, 0.717) is 24.3 Å². The molecule has 1 N–H and O–H groups in total. The van der Waals surface area contributed by atoms with Crippen molar-refractivity contribution in [1.29, 1.82) is 0 Å². The van der Waals surface area contributed by atoms with E-state index in [-0.39, 0.29) is 18.4 Å². The van der Waals surface area contributed by atoms with Crippen LogP contribution < -0.4 is 0 Å². The first-order valence-corrected chi connectivity index (χ1v) is 8.14. The number of carboxylic acid groups (broad SMARTS) is 1. The van der Waals surface area contributed by atoms with Crippen molar-refractivity contribution in [2.24, 2.45) is 23.7 Å². The van der Waals surface area contributed by atoms with Crippen molar-refractivity contribution in [1.82, 2.24) is 9.80 Å². The topological polar surface area (TPSA) is 60.9 Å². The summed E-state index contributed by atoms with van der Waals surface area (Å²) < 4.78 is 0. The van der Waals surface area contributed by atoms with Gasteiger partial charge in [-0.1, -0.05) is 20.8 Å². The van der Waals surface area contributed by atoms with Gasteiger partial charge in [-0.05, 0) is 36.5 Å². The van der Waals surface area contributed by atoms with E-state index in [1.165, 1.54) is 0 Å². The van der Waals surface area contributed by atoms with Crippen LogP contribution in [0, 0.1) is 23.7 Å². The summed E-state index contributed by atoms with van der Waals surface area (Å²) in [5.74, 6) is 0.847. The fraction of sp³-hybridized carbons (Fsp3) is 0.875. The lowest BCUT2D eigenvalue weighted by Gasteiger charge is -2.37. The van der Waals surface area contributed by atoms with Crippen LogP contribution in [0.15, 0.2) is 0 Å². The first kappa shape index (κ1) is 16.1. The molecule has 2 heterocycles. The molecule has 0 aromatic carbocycles. The van der Waals surface area contributed by atoms with Gasteiger partial charge in [-0.15, -0.1) is 0 Å². The normalized spacial score (nSPS) is 31.3. The van der Waals surface area contributed by atoms with Gasteiger partial charge in [0.2, 0.25) is 0 Å².